The van der Waals surface area contributed by atoms with Gasteiger partial charge in [-0.2, -0.15) is 5.10 Å². The topological polar surface area (TPSA) is 83.2 Å². The number of hydrogen-bond donors (Lipinski definition) is 2. The molecule has 1 heterocycles. The van der Waals surface area contributed by atoms with E-state index in [-0.39, 0.29) is 5.96 Å². The third-order valence-corrected chi connectivity index (χ3v) is 3.36. The molecule has 1 aliphatic heterocycles. The molecule has 0 atom stereocenters. The minimum absolute atomic E-state index is 0.0343. The molecule has 0 bridgehead atoms. The molecule has 2 rings (SSSR count). The molecule has 4 N–H and O–H groups in total. The highest BCUT2D eigenvalue weighted by Crippen LogP contribution is 2.09. The third kappa shape index (κ3) is 4.64. The molecule has 20 heavy (non-hydrogen) atoms. The maximum atomic E-state index is 5.20. The lowest BCUT2D eigenvalue weighted by Gasteiger charge is -2.32. The molecular weight excluding hydrogens is 252 g/mol. The lowest BCUT2D eigenvalue weighted by Crippen LogP contribution is -2.43. The van der Waals surface area contributed by atoms with Gasteiger partial charge in [-0.1, -0.05) is 24.3 Å². The zero-order valence-electron chi connectivity index (χ0n) is 11.9. The van der Waals surface area contributed by atoms with Crippen LogP contribution in [0.25, 0.3) is 0 Å². The summed E-state index contributed by atoms with van der Waals surface area (Å²) in [5.41, 5.74) is 12.7. The molecule has 0 unspecified atom stereocenters. The Bertz CT molecular complexity index is 467. The fourth-order valence-corrected chi connectivity index (χ4v) is 2.14. The molecule has 0 aliphatic carbocycles. The Morgan fingerprint density at radius 3 is 2.40 bits per heavy atom. The maximum Gasteiger partial charge on any atom is 0.211 e. The molecule has 1 aliphatic rings. The number of guanidine groups is 1. The number of likely N-dealkylation sites (N-methyl/N-ethyl adjacent to an activating group) is 1. The van der Waals surface area contributed by atoms with Crippen molar-refractivity contribution in [2.75, 3.05) is 33.2 Å². The first-order valence-corrected chi connectivity index (χ1v) is 6.75. The van der Waals surface area contributed by atoms with Crippen LogP contribution < -0.4 is 11.5 Å². The van der Waals surface area contributed by atoms with Gasteiger partial charge in [-0.15, -0.1) is 5.10 Å². The van der Waals surface area contributed by atoms with Gasteiger partial charge < -0.3 is 16.4 Å². The van der Waals surface area contributed by atoms with E-state index in [1.165, 1.54) is 5.56 Å². The molecule has 0 aromatic heterocycles. The molecule has 1 saturated heterocycles. The van der Waals surface area contributed by atoms with Gasteiger partial charge in [0, 0.05) is 32.7 Å². The predicted octanol–water partition coefficient (Wildman–Crippen LogP) is 0.0413. The van der Waals surface area contributed by atoms with Gasteiger partial charge in [0.15, 0.2) is 0 Å². The Hall–Kier alpha value is -1.92. The van der Waals surface area contributed by atoms with Crippen molar-refractivity contribution in [1.29, 1.82) is 0 Å². The largest absolute Gasteiger partial charge is 0.369 e. The second kappa shape index (κ2) is 7.02. The van der Waals surface area contributed by atoms with E-state index in [0.717, 1.165) is 38.3 Å². The highest BCUT2D eigenvalue weighted by atomic mass is 15.3. The summed E-state index contributed by atoms with van der Waals surface area (Å²) in [5.74, 6) is -0.0343. The first-order chi connectivity index (χ1) is 9.63. The summed E-state index contributed by atoms with van der Waals surface area (Å²) in [6, 6.07) is 8.29. The van der Waals surface area contributed by atoms with Crippen molar-refractivity contribution >= 4 is 12.2 Å². The van der Waals surface area contributed by atoms with Crippen molar-refractivity contribution in [2.45, 2.75) is 6.54 Å². The normalized spacial score (nSPS) is 17.4. The van der Waals surface area contributed by atoms with Crippen molar-refractivity contribution in [3.05, 3.63) is 35.4 Å². The molecule has 1 aromatic rings. The van der Waals surface area contributed by atoms with Crippen LogP contribution in [0.4, 0.5) is 0 Å². The van der Waals surface area contributed by atoms with Crippen LogP contribution >= 0.6 is 0 Å². The number of piperazine rings is 1. The van der Waals surface area contributed by atoms with Crippen LogP contribution in [0.5, 0.6) is 0 Å². The first-order valence-electron chi connectivity index (χ1n) is 6.75. The number of rotatable bonds is 4. The van der Waals surface area contributed by atoms with E-state index in [4.69, 9.17) is 11.5 Å². The van der Waals surface area contributed by atoms with Crippen molar-refractivity contribution in [3.8, 4) is 0 Å². The van der Waals surface area contributed by atoms with Crippen LogP contribution in [0.1, 0.15) is 11.1 Å². The summed E-state index contributed by atoms with van der Waals surface area (Å²) in [6.45, 7) is 5.54. The van der Waals surface area contributed by atoms with Crippen LogP contribution in [0.2, 0.25) is 0 Å². The van der Waals surface area contributed by atoms with Crippen LogP contribution in [-0.4, -0.2) is 55.2 Å². The third-order valence-electron chi connectivity index (χ3n) is 3.36. The Balaban J connectivity index is 1.88. The fourth-order valence-electron chi connectivity index (χ4n) is 2.14. The second-order valence-electron chi connectivity index (χ2n) is 5.09. The zero-order chi connectivity index (χ0) is 14.4. The zero-order valence-corrected chi connectivity index (χ0v) is 11.9. The van der Waals surface area contributed by atoms with Crippen LogP contribution in [-0.2, 0) is 6.54 Å². The lowest BCUT2D eigenvalue weighted by molar-refractivity contribution is 0.148. The van der Waals surface area contributed by atoms with E-state index in [0.29, 0.717) is 0 Å². The summed E-state index contributed by atoms with van der Waals surface area (Å²) in [4.78, 5) is 4.84. The van der Waals surface area contributed by atoms with Gasteiger partial charge >= 0.3 is 0 Å². The first kappa shape index (κ1) is 14.5. The molecule has 6 heteroatoms. The van der Waals surface area contributed by atoms with Crippen molar-refractivity contribution in [1.82, 2.24) is 9.80 Å². The van der Waals surface area contributed by atoms with E-state index in [1.807, 2.05) is 12.1 Å². The van der Waals surface area contributed by atoms with Gasteiger partial charge in [0.2, 0.25) is 5.96 Å². The van der Waals surface area contributed by atoms with Gasteiger partial charge in [-0.25, -0.2) is 0 Å². The summed E-state index contributed by atoms with van der Waals surface area (Å²) in [5, 5.41) is 7.36. The Morgan fingerprint density at radius 1 is 1.15 bits per heavy atom. The molecule has 6 nitrogen and oxygen atoms in total. The van der Waals surface area contributed by atoms with Crippen LogP contribution in [0.15, 0.2) is 34.5 Å². The van der Waals surface area contributed by atoms with E-state index in [9.17, 15) is 0 Å². The van der Waals surface area contributed by atoms with Crippen molar-refractivity contribution < 1.29 is 0 Å². The Morgan fingerprint density at radius 2 is 1.80 bits per heavy atom. The highest BCUT2D eigenvalue weighted by molar-refractivity contribution is 5.81. The predicted molar refractivity (Wildman–Crippen MR) is 82.6 cm³/mol. The molecule has 0 spiro atoms. The number of hydrogen-bond acceptors (Lipinski definition) is 4. The average Bonchev–Trinajstić information content (AvgIpc) is 2.43. The van der Waals surface area contributed by atoms with Gasteiger partial charge in [-0.05, 0) is 18.2 Å². The second-order valence-corrected chi connectivity index (χ2v) is 5.09. The number of nitrogens with two attached hydrogens (primary N) is 2. The molecule has 1 fully saturated rings. The van der Waals surface area contributed by atoms with E-state index < -0.39 is 0 Å². The van der Waals surface area contributed by atoms with E-state index in [2.05, 4.69) is 39.2 Å². The minimum atomic E-state index is -0.0343. The Kier molecular flexibility index (Phi) is 5.09. The quantitative estimate of drug-likeness (QED) is 0.461. The molecule has 0 saturated carbocycles. The average molecular weight is 274 g/mol. The van der Waals surface area contributed by atoms with Gasteiger partial charge in [-0.3, -0.25) is 4.90 Å². The summed E-state index contributed by atoms with van der Waals surface area (Å²) in [6.07, 6.45) is 1.64. The summed E-state index contributed by atoms with van der Waals surface area (Å²) in [7, 11) is 2.17. The monoisotopic (exact) mass is 274 g/mol. The van der Waals surface area contributed by atoms with Crippen molar-refractivity contribution in [2.24, 2.45) is 21.7 Å². The van der Waals surface area contributed by atoms with Gasteiger partial charge in [0.05, 0.1) is 6.21 Å². The highest BCUT2D eigenvalue weighted by Gasteiger charge is 2.13. The molecule has 0 amide bonds. The molecule has 108 valence electrons. The fraction of sp³-hybridized carbons (Fsp3) is 0.429. The maximum absolute atomic E-state index is 5.20. The van der Waals surface area contributed by atoms with E-state index in [1.54, 1.807) is 6.21 Å². The van der Waals surface area contributed by atoms with Crippen LogP contribution in [0, 0.1) is 0 Å². The van der Waals surface area contributed by atoms with E-state index >= 15 is 0 Å². The Labute approximate surface area is 119 Å². The lowest BCUT2D eigenvalue weighted by atomic mass is 10.1. The molecule has 1 aromatic carbocycles. The van der Waals surface area contributed by atoms with Gasteiger partial charge in [0.25, 0.3) is 0 Å². The number of benzene rings is 1. The SMILES string of the molecule is CN1CCN(Cc2ccc(C=NN=C(N)N)cc2)CC1. The molecular formula is C14H22N6. The molecule has 0 radical (unpaired) electrons. The summed E-state index contributed by atoms with van der Waals surface area (Å²) < 4.78 is 0. The van der Waals surface area contributed by atoms with Crippen molar-refractivity contribution in [3.63, 3.8) is 0 Å². The minimum Gasteiger partial charge on any atom is -0.369 e. The van der Waals surface area contributed by atoms with Gasteiger partial charge in [0.1, 0.15) is 0 Å². The number of nitrogens with zero attached hydrogens (tertiary/aromatic N) is 4. The smallest absolute Gasteiger partial charge is 0.211 e. The van der Waals surface area contributed by atoms with Crippen LogP contribution in [0.3, 0.4) is 0 Å². The standard InChI is InChI=1S/C14H22N6/c1-19-6-8-20(9-7-19)11-13-4-2-12(3-5-13)10-17-18-14(15)16/h2-5,10H,6-9,11H2,1H3,(H4,15,16,18). The summed E-state index contributed by atoms with van der Waals surface area (Å²) >= 11 is 0.